The molecule has 2 nitrogen and oxygen atoms in total. The second-order valence-electron chi connectivity index (χ2n) is 14.2. The van der Waals surface area contributed by atoms with Crippen LogP contribution in [0.2, 0.25) is 0 Å². The van der Waals surface area contributed by atoms with Crippen LogP contribution in [0.3, 0.4) is 0 Å². The van der Waals surface area contributed by atoms with Crippen LogP contribution in [0.25, 0.3) is 72.0 Å². The Morgan fingerprint density at radius 1 is 0.250 bits per heavy atom. The third kappa shape index (κ3) is 6.24. The highest BCUT2D eigenvalue weighted by atomic mass is 15.1. The second-order valence-corrected chi connectivity index (χ2v) is 14.2. The zero-order valence-electron chi connectivity index (χ0n) is 30.8. The quantitative estimate of drug-likeness (QED) is 0.152. The molecule has 0 unspecified atom stereocenters. The fourth-order valence-corrected chi connectivity index (χ4v) is 8.02. The van der Waals surface area contributed by atoms with Gasteiger partial charge in [-0.15, -0.1) is 0 Å². The summed E-state index contributed by atoms with van der Waals surface area (Å²) in [7, 11) is 0. The molecule has 2 heteroatoms. The lowest BCUT2D eigenvalue weighted by Gasteiger charge is -2.26. The SMILES string of the molecule is c1ccc(-c2ccc(-c3ccc(N(c4ccc(-c5ccccc5)cc4)c4cccc(-c5cccc(-n6c7ccccc7c7ccccc76)c5)c4)cc3)cc2)cc1. The molecule has 10 aromatic rings. The van der Waals surface area contributed by atoms with Gasteiger partial charge in [-0.05, 0) is 105 Å². The van der Waals surface area contributed by atoms with Gasteiger partial charge in [-0.25, -0.2) is 0 Å². The topological polar surface area (TPSA) is 8.17 Å². The molecule has 0 spiro atoms. The lowest BCUT2D eigenvalue weighted by molar-refractivity contribution is 1.18. The average Bonchev–Trinajstić information content (AvgIpc) is 3.62. The Morgan fingerprint density at radius 3 is 1.12 bits per heavy atom. The molecule has 56 heavy (non-hydrogen) atoms. The first-order valence-electron chi connectivity index (χ1n) is 19.2. The standard InChI is InChI=1S/C54H38N2/c1-3-13-39(14-4-1)41-25-27-42(28-26-41)44-31-35-48(36-32-44)55(47-33-29-43(30-34-47)40-15-5-2-6-16-40)49-19-11-17-45(37-49)46-18-12-20-50(38-46)56-53-23-9-7-21-51(53)52-22-8-10-24-54(52)56/h1-38H. The van der Waals surface area contributed by atoms with E-state index in [1.165, 1.54) is 60.8 Å². The van der Waals surface area contributed by atoms with Crippen molar-refractivity contribution >= 4 is 38.9 Å². The summed E-state index contributed by atoms with van der Waals surface area (Å²) in [6.07, 6.45) is 0. The van der Waals surface area contributed by atoms with Gasteiger partial charge >= 0.3 is 0 Å². The third-order valence-electron chi connectivity index (χ3n) is 10.8. The summed E-state index contributed by atoms with van der Waals surface area (Å²) in [5.41, 5.74) is 16.4. The van der Waals surface area contributed by atoms with Crippen molar-refractivity contribution in [2.75, 3.05) is 4.90 Å². The lowest BCUT2D eigenvalue weighted by atomic mass is 10.00. The molecule has 1 aromatic heterocycles. The molecule has 0 saturated heterocycles. The van der Waals surface area contributed by atoms with E-state index in [0.717, 1.165) is 28.3 Å². The molecule has 10 rings (SSSR count). The Labute approximate surface area is 327 Å². The van der Waals surface area contributed by atoms with Crippen LogP contribution in [0, 0.1) is 0 Å². The van der Waals surface area contributed by atoms with E-state index in [2.05, 4.69) is 240 Å². The van der Waals surface area contributed by atoms with E-state index in [-0.39, 0.29) is 0 Å². The first-order valence-corrected chi connectivity index (χ1v) is 19.2. The van der Waals surface area contributed by atoms with Crippen LogP contribution in [-0.2, 0) is 0 Å². The molecule has 0 saturated carbocycles. The highest BCUT2D eigenvalue weighted by Crippen LogP contribution is 2.39. The van der Waals surface area contributed by atoms with Crippen LogP contribution < -0.4 is 4.90 Å². The van der Waals surface area contributed by atoms with Crippen molar-refractivity contribution < 1.29 is 0 Å². The minimum Gasteiger partial charge on any atom is -0.310 e. The van der Waals surface area contributed by atoms with Gasteiger partial charge < -0.3 is 9.47 Å². The fraction of sp³-hybridized carbons (Fsp3) is 0. The van der Waals surface area contributed by atoms with E-state index < -0.39 is 0 Å². The third-order valence-corrected chi connectivity index (χ3v) is 10.8. The smallest absolute Gasteiger partial charge is 0.0541 e. The fourth-order valence-electron chi connectivity index (χ4n) is 8.02. The first-order chi connectivity index (χ1) is 27.8. The number of nitrogens with zero attached hydrogens (tertiary/aromatic N) is 2. The normalized spacial score (nSPS) is 11.2. The number of aromatic nitrogens is 1. The molecule has 1 heterocycles. The Morgan fingerprint density at radius 2 is 0.625 bits per heavy atom. The molecule has 0 aliphatic carbocycles. The Bertz CT molecular complexity index is 2870. The molecule has 0 aliphatic rings. The number of hydrogen-bond acceptors (Lipinski definition) is 1. The predicted octanol–water partition coefficient (Wildman–Crippen LogP) is 14.9. The van der Waals surface area contributed by atoms with Gasteiger partial charge in [-0.3, -0.25) is 0 Å². The van der Waals surface area contributed by atoms with Crippen molar-refractivity contribution in [2.45, 2.75) is 0 Å². The number of para-hydroxylation sites is 2. The second kappa shape index (κ2) is 14.4. The first kappa shape index (κ1) is 33.2. The number of rotatable bonds is 8. The molecule has 0 radical (unpaired) electrons. The van der Waals surface area contributed by atoms with E-state index in [9.17, 15) is 0 Å². The summed E-state index contributed by atoms with van der Waals surface area (Å²) in [6, 6.07) is 83.0. The Hall–Kier alpha value is -7.42. The zero-order chi connectivity index (χ0) is 37.3. The predicted molar refractivity (Wildman–Crippen MR) is 237 cm³/mol. The van der Waals surface area contributed by atoms with E-state index in [1.54, 1.807) is 0 Å². The highest BCUT2D eigenvalue weighted by molar-refractivity contribution is 6.09. The van der Waals surface area contributed by atoms with Crippen molar-refractivity contribution in [3.63, 3.8) is 0 Å². The van der Waals surface area contributed by atoms with Gasteiger partial charge in [0, 0.05) is 33.5 Å². The van der Waals surface area contributed by atoms with E-state index >= 15 is 0 Å². The van der Waals surface area contributed by atoms with Crippen molar-refractivity contribution in [3.05, 3.63) is 231 Å². The van der Waals surface area contributed by atoms with E-state index in [4.69, 9.17) is 0 Å². The molecule has 0 atom stereocenters. The number of fused-ring (bicyclic) bond motifs is 3. The van der Waals surface area contributed by atoms with Gasteiger partial charge in [0.05, 0.1) is 11.0 Å². The van der Waals surface area contributed by atoms with Crippen LogP contribution in [0.15, 0.2) is 231 Å². The minimum absolute atomic E-state index is 1.09. The largest absolute Gasteiger partial charge is 0.310 e. The summed E-state index contributed by atoms with van der Waals surface area (Å²) < 4.78 is 2.38. The summed E-state index contributed by atoms with van der Waals surface area (Å²) in [4.78, 5) is 2.36. The van der Waals surface area contributed by atoms with Crippen LogP contribution in [0.4, 0.5) is 17.1 Å². The maximum atomic E-state index is 2.38. The van der Waals surface area contributed by atoms with E-state index in [0.29, 0.717) is 0 Å². The maximum absolute atomic E-state index is 2.38. The van der Waals surface area contributed by atoms with Crippen LogP contribution in [0.1, 0.15) is 0 Å². The number of hydrogen-bond donors (Lipinski definition) is 0. The van der Waals surface area contributed by atoms with Crippen LogP contribution in [0.5, 0.6) is 0 Å². The van der Waals surface area contributed by atoms with Gasteiger partial charge in [0.1, 0.15) is 0 Å². The van der Waals surface area contributed by atoms with Crippen LogP contribution >= 0.6 is 0 Å². The maximum Gasteiger partial charge on any atom is 0.0541 e. The monoisotopic (exact) mass is 714 g/mol. The molecular weight excluding hydrogens is 677 g/mol. The van der Waals surface area contributed by atoms with Crippen LogP contribution in [-0.4, -0.2) is 4.57 Å². The lowest BCUT2D eigenvalue weighted by Crippen LogP contribution is -2.10. The number of benzene rings is 9. The molecule has 0 amide bonds. The Balaban J connectivity index is 1.03. The van der Waals surface area contributed by atoms with Crippen molar-refractivity contribution in [3.8, 4) is 50.2 Å². The van der Waals surface area contributed by atoms with Gasteiger partial charge in [0.15, 0.2) is 0 Å². The summed E-state index contributed by atoms with van der Waals surface area (Å²) in [5.74, 6) is 0. The van der Waals surface area contributed by atoms with Gasteiger partial charge in [-0.2, -0.15) is 0 Å². The van der Waals surface area contributed by atoms with E-state index in [1.807, 2.05) is 0 Å². The molecule has 0 fully saturated rings. The minimum atomic E-state index is 1.09. The van der Waals surface area contributed by atoms with Crippen molar-refractivity contribution in [2.24, 2.45) is 0 Å². The molecule has 9 aromatic carbocycles. The molecule has 0 aliphatic heterocycles. The average molecular weight is 715 g/mol. The van der Waals surface area contributed by atoms with Crippen molar-refractivity contribution in [1.82, 2.24) is 4.57 Å². The Kier molecular flexibility index (Phi) is 8.55. The zero-order valence-corrected chi connectivity index (χ0v) is 30.8. The molecule has 0 bridgehead atoms. The highest BCUT2D eigenvalue weighted by Gasteiger charge is 2.16. The number of anilines is 3. The summed E-state index contributed by atoms with van der Waals surface area (Å²) in [5, 5.41) is 2.53. The van der Waals surface area contributed by atoms with Crippen molar-refractivity contribution in [1.29, 1.82) is 0 Å². The molecule has 264 valence electrons. The molecule has 0 N–H and O–H groups in total. The summed E-state index contributed by atoms with van der Waals surface area (Å²) >= 11 is 0. The van der Waals surface area contributed by atoms with Gasteiger partial charge in [0.2, 0.25) is 0 Å². The van der Waals surface area contributed by atoms with Gasteiger partial charge in [0.25, 0.3) is 0 Å². The molecular formula is C54H38N2. The summed E-state index contributed by atoms with van der Waals surface area (Å²) in [6.45, 7) is 0. The van der Waals surface area contributed by atoms with Gasteiger partial charge in [-0.1, -0.05) is 170 Å².